The molecule has 2 aliphatic rings. The Kier molecular flexibility index (Phi) is 14.9. The second-order valence-corrected chi connectivity index (χ2v) is 11.5. The molecule has 4 atom stereocenters. The van der Waals surface area contributed by atoms with E-state index in [4.69, 9.17) is 9.47 Å². The molecule has 2 saturated carbocycles. The summed E-state index contributed by atoms with van der Waals surface area (Å²) in [5, 5.41) is 0. The number of hydrogen-bond donors (Lipinski definition) is 0. The highest BCUT2D eigenvalue weighted by molar-refractivity contribution is 5.82. The van der Waals surface area contributed by atoms with Gasteiger partial charge in [-0.05, 0) is 50.4 Å². The molecular weight excluding hydrogens is 424 g/mol. The van der Waals surface area contributed by atoms with Gasteiger partial charge in [-0.1, -0.05) is 104 Å². The van der Waals surface area contributed by atoms with E-state index in [-0.39, 0.29) is 29.9 Å². The van der Waals surface area contributed by atoms with Crippen molar-refractivity contribution in [1.29, 1.82) is 0 Å². The average molecular weight is 479 g/mol. The van der Waals surface area contributed by atoms with Crippen molar-refractivity contribution < 1.29 is 19.1 Å². The lowest BCUT2D eigenvalue weighted by Crippen LogP contribution is -2.38. The molecule has 2 fully saturated rings. The van der Waals surface area contributed by atoms with Gasteiger partial charge in [0.05, 0.1) is 18.4 Å². The topological polar surface area (TPSA) is 52.6 Å². The van der Waals surface area contributed by atoms with Crippen molar-refractivity contribution in [3.63, 3.8) is 0 Å². The van der Waals surface area contributed by atoms with Crippen LogP contribution in [-0.4, -0.2) is 24.6 Å². The van der Waals surface area contributed by atoms with Crippen LogP contribution in [0.3, 0.4) is 0 Å². The average Bonchev–Trinajstić information content (AvgIpc) is 2.81. The largest absolute Gasteiger partial charge is 0.465 e. The predicted molar refractivity (Wildman–Crippen MR) is 140 cm³/mol. The Hall–Kier alpha value is -1.06. The van der Waals surface area contributed by atoms with Crippen molar-refractivity contribution in [2.45, 2.75) is 149 Å². The minimum atomic E-state index is -0.309. The van der Waals surface area contributed by atoms with E-state index in [0.29, 0.717) is 18.4 Å². The molecule has 2 rings (SSSR count). The van der Waals surface area contributed by atoms with E-state index in [1.165, 1.54) is 70.6 Å². The molecule has 0 saturated heterocycles. The summed E-state index contributed by atoms with van der Waals surface area (Å²) in [6.07, 6.45) is 22.2. The van der Waals surface area contributed by atoms with Crippen molar-refractivity contribution in [3.05, 3.63) is 0 Å². The van der Waals surface area contributed by atoms with Crippen LogP contribution in [0.2, 0.25) is 0 Å². The first-order valence-electron chi connectivity index (χ1n) is 14.9. The summed E-state index contributed by atoms with van der Waals surface area (Å²) in [5.41, 5.74) is 0. The highest BCUT2D eigenvalue weighted by Gasteiger charge is 2.39. The maximum atomic E-state index is 13.0. The van der Waals surface area contributed by atoms with Gasteiger partial charge in [0.2, 0.25) is 0 Å². The van der Waals surface area contributed by atoms with Crippen LogP contribution in [0.4, 0.5) is 0 Å². The molecular formula is C30H54O4. The van der Waals surface area contributed by atoms with Crippen molar-refractivity contribution >= 4 is 11.9 Å². The molecule has 0 heterocycles. The number of unbranched alkanes of at least 4 members (excludes halogenated alkanes) is 11. The van der Waals surface area contributed by atoms with E-state index < -0.39 is 0 Å². The molecule has 34 heavy (non-hydrogen) atoms. The Labute approximate surface area is 210 Å². The molecule has 4 nitrogen and oxygen atoms in total. The minimum absolute atomic E-state index is 0.0194. The molecule has 0 amide bonds. The van der Waals surface area contributed by atoms with Gasteiger partial charge in [-0.25, -0.2) is 0 Å². The molecule has 0 radical (unpaired) electrons. The highest BCUT2D eigenvalue weighted by Crippen LogP contribution is 2.35. The maximum Gasteiger partial charge on any atom is 0.310 e. The second kappa shape index (κ2) is 17.4. The van der Waals surface area contributed by atoms with E-state index in [0.717, 1.165) is 51.4 Å². The minimum Gasteiger partial charge on any atom is -0.465 e. The number of ether oxygens (including phenoxy) is 2. The quantitative estimate of drug-likeness (QED) is 0.165. The summed E-state index contributed by atoms with van der Waals surface area (Å²) in [6, 6.07) is 0. The van der Waals surface area contributed by atoms with Crippen LogP contribution in [-0.2, 0) is 19.1 Å². The van der Waals surface area contributed by atoms with Crippen molar-refractivity contribution in [1.82, 2.24) is 0 Å². The third-order valence-corrected chi connectivity index (χ3v) is 8.03. The van der Waals surface area contributed by atoms with Gasteiger partial charge in [-0.15, -0.1) is 0 Å². The normalized spacial score (nSPS) is 27.3. The van der Waals surface area contributed by atoms with E-state index in [2.05, 4.69) is 20.8 Å². The maximum absolute atomic E-state index is 13.0. The second-order valence-electron chi connectivity index (χ2n) is 11.5. The molecule has 0 aromatic rings. The molecule has 2 aliphatic carbocycles. The summed E-state index contributed by atoms with van der Waals surface area (Å²) < 4.78 is 11.6. The lowest BCUT2D eigenvalue weighted by Gasteiger charge is -2.34. The number of hydrogen-bond acceptors (Lipinski definition) is 4. The van der Waals surface area contributed by atoms with Gasteiger partial charge in [0.25, 0.3) is 0 Å². The molecule has 4 unspecified atom stereocenters. The van der Waals surface area contributed by atoms with Crippen LogP contribution in [0.5, 0.6) is 0 Å². The Morgan fingerprint density at radius 1 is 0.647 bits per heavy atom. The summed E-state index contributed by atoms with van der Waals surface area (Å²) in [5.74, 6) is 0.259. The predicted octanol–water partition coefficient (Wildman–Crippen LogP) is 8.41. The van der Waals surface area contributed by atoms with Crippen molar-refractivity contribution in [2.24, 2.45) is 23.7 Å². The number of carbonyl (C=O) groups is 2. The van der Waals surface area contributed by atoms with Gasteiger partial charge in [0.1, 0.15) is 6.10 Å². The van der Waals surface area contributed by atoms with Gasteiger partial charge in [-0.2, -0.15) is 0 Å². The highest BCUT2D eigenvalue weighted by atomic mass is 16.5. The summed E-state index contributed by atoms with van der Waals surface area (Å²) in [6.45, 7) is 7.25. The SMILES string of the molecule is CCCCCCCCCCCCCCOC(=O)C1CCCCC1C(=O)OC1CC(C)CC(C)C1. The molecule has 0 N–H and O–H groups in total. The molecule has 0 spiro atoms. The molecule has 4 heteroatoms. The third-order valence-electron chi connectivity index (χ3n) is 8.03. The van der Waals surface area contributed by atoms with Gasteiger partial charge in [-0.3, -0.25) is 9.59 Å². The Balaban J connectivity index is 1.57. The number of esters is 2. The lowest BCUT2D eigenvalue weighted by molar-refractivity contribution is -0.168. The monoisotopic (exact) mass is 478 g/mol. The molecule has 0 bridgehead atoms. The zero-order chi connectivity index (χ0) is 24.6. The van der Waals surface area contributed by atoms with Crippen LogP contribution >= 0.6 is 0 Å². The van der Waals surface area contributed by atoms with Gasteiger partial charge in [0, 0.05) is 0 Å². The molecule has 0 aromatic heterocycles. The van der Waals surface area contributed by atoms with Crippen molar-refractivity contribution in [3.8, 4) is 0 Å². The van der Waals surface area contributed by atoms with Crippen molar-refractivity contribution in [2.75, 3.05) is 6.61 Å². The van der Waals surface area contributed by atoms with Crippen LogP contribution in [0.25, 0.3) is 0 Å². The zero-order valence-corrected chi connectivity index (χ0v) is 22.7. The summed E-state index contributed by atoms with van der Waals surface area (Å²) in [7, 11) is 0. The zero-order valence-electron chi connectivity index (χ0n) is 22.7. The van der Waals surface area contributed by atoms with Crippen LogP contribution in [0.15, 0.2) is 0 Å². The van der Waals surface area contributed by atoms with Gasteiger partial charge < -0.3 is 9.47 Å². The van der Waals surface area contributed by atoms with E-state index in [9.17, 15) is 9.59 Å². The van der Waals surface area contributed by atoms with Crippen LogP contribution in [0, 0.1) is 23.7 Å². The fourth-order valence-corrected chi connectivity index (χ4v) is 6.14. The Morgan fingerprint density at radius 3 is 1.65 bits per heavy atom. The standard InChI is InChI=1S/C30H54O4/c1-4-5-6-7-8-9-10-11-12-13-14-17-20-33-29(31)27-18-15-16-19-28(27)30(32)34-26-22-24(2)21-25(3)23-26/h24-28H,4-23H2,1-3H3. The van der Waals surface area contributed by atoms with Crippen LogP contribution < -0.4 is 0 Å². The first kappa shape index (κ1) is 29.2. The first-order chi connectivity index (χ1) is 16.5. The number of rotatable bonds is 16. The Morgan fingerprint density at radius 2 is 1.12 bits per heavy atom. The van der Waals surface area contributed by atoms with E-state index in [1.54, 1.807) is 0 Å². The molecule has 0 aromatic carbocycles. The smallest absolute Gasteiger partial charge is 0.310 e. The molecule has 198 valence electrons. The fraction of sp³-hybridized carbons (Fsp3) is 0.933. The Bertz CT molecular complexity index is 550. The fourth-order valence-electron chi connectivity index (χ4n) is 6.14. The summed E-state index contributed by atoms with van der Waals surface area (Å²) >= 11 is 0. The van der Waals surface area contributed by atoms with E-state index >= 15 is 0 Å². The van der Waals surface area contributed by atoms with Gasteiger partial charge in [0.15, 0.2) is 0 Å². The number of carbonyl (C=O) groups excluding carboxylic acids is 2. The first-order valence-corrected chi connectivity index (χ1v) is 14.9. The van der Waals surface area contributed by atoms with E-state index in [1.807, 2.05) is 0 Å². The lowest BCUT2D eigenvalue weighted by atomic mass is 9.78. The van der Waals surface area contributed by atoms with Crippen LogP contribution in [0.1, 0.15) is 143 Å². The summed E-state index contributed by atoms with van der Waals surface area (Å²) in [4.78, 5) is 25.7. The third kappa shape index (κ3) is 11.6. The molecule has 0 aliphatic heterocycles. The van der Waals surface area contributed by atoms with Gasteiger partial charge >= 0.3 is 11.9 Å².